The molecule has 3 N–H and O–H groups in total. The summed E-state index contributed by atoms with van der Waals surface area (Å²) in [5.41, 5.74) is 7.08. The van der Waals surface area contributed by atoms with Gasteiger partial charge in [0.05, 0.1) is 10.6 Å². The molecule has 0 aliphatic heterocycles. The molecule has 122 valence electrons. The van der Waals surface area contributed by atoms with Crippen molar-refractivity contribution in [1.29, 1.82) is 0 Å². The molecule has 0 fully saturated rings. The van der Waals surface area contributed by atoms with Crippen LogP contribution in [0.3, 0.4) is 0 Å². The fourth-order valence-electron chi connectivity index (χ4n) is 2.22. The van der Waals surface area contributed by atoms with Crippen molar-refractivity contribution in [2.24, 2.45) is 0 Å². The van der Waals surface area contributed by atoms with Crippen molar-refractivity contribution >= 4 is 23.4 Å². The van der Waals surface area contributed by atoms with E-state index in [4.69, 9.17) is 22.4 Å². The Morgan fingerprint density at radius 1 is 1.33 bits per heavy atom. The van der Waals surface area contributed by atoms with Gasteiger partial charge in [-0.05, 0) is 31.2 Å². The molecule has 0 atom stereocenters. The highest BCUT2D eigenvalue weighted by Crippen LogP contribution is 2.29. The molecule has 2 aromatic heterocycles. The van der Waals surface area contributed by atoms with Crippen LogP contribution >= 0.6 is 11.6 Å². The highest BCUT2D eigenvalue weighted by atomic mass is 35.5. The second kappa shape index (κ2) is 5.93. The quantitative estimate of drug-likeness (QED) is 0.758. The lowest BCUT2D eigenvalue weighted by Gasteiger charge is -2.11. The predicted molar refractivity (Wildman–Crippen MR) is 87.9 cm³/mol. The molecule has 2 heterocycles. The minimum Gasteiger partial charge on any atom is -0.478 e. The SMILES string of the molecule is Cc1c(N)nc(-c2ccc(F)cc2Cl)nc1-n1ccc(C(=O)O)c1. The van der Waals surface area contributed by atoms with Crippen LogP contribution < -0.4 is 5.73 Å². The van der Waals surface area contributed by atoms with Crippen molar-refractivity contribution in [3.05, 3.63) is 58.6 Å². The number of aromatic carboxylic acids is 1. The third kappa shape index (κ3) is 2.81. The van der Waals surface area contributed by atoms with Crippen molar-refractivity contribution in [2.75, 3.05) is 5.73 Å². The maximum atomic E-state index is 13.2. The molecule has 0 saturated heterocycles. The molecule has 0 unspecified atom stereocenters. The number of halogens is 2. The summed E-state index contributed by atoms with van der Waals surface area (Å²) in [5.74, 6) is -0.647. The summed E-state index contributed by atoms with van der Waals surface area (Å²) in [4.78, 5) is 19.6. The molecular weight excluding hydrogens is 335 g/mol. The van der Waals surface area contributed by atoms with E-state index in [9.17, 15) is 9.18 Å². The zero-order valence-corrected chi connectivity index (χ0v) is 13.3. The van der Waals surface area contributed by atoms with Crippen molar-refractivity contribution in [3.8, 4) is 17.2 Å². The number of aromatic nitrogens is 3. The molecule has 1 aromatic carbocycles. The van der Waals surface area contributed by atoms with Crippen molar-refractivity contribution in [2.45, 2.75) is 6.92 Å². The Balaban J connectivity index is 2.17. The van der Waals surface area contributed by atoms with Crippen molar-refractivity contribution in [1.82, 2.24) is 14.5 Å². The van der Waals surface area contributed by atoms with Crippen LogP contribution in [0.4, 0.5) is 10.2 Å². The lowest BCUT2D eigenvalue weighted by Crippen LogP contribution is -2.07. The van der Waals surface area contributed by atoms with E-state index in [1.54, 1.807) is 13.1 Å². The maximum Gasteiger partial charge on any atom is 0.337 e. The Morgan fingerprint density at radius 2 is 2.08 bits per heavy atom. The van der Waals surface area contributed by atoms with Crippen LogP contribution in [-0.2, 0) is 0 Å². The molecule has 0 saturated carbocycles. The Kier molecular flexibility index (Phi) is 3.94. The van der Waals surface area contributed by atoms with E-state index in [-0.39, 0.29) is 22.2 Å². The molecule has 3 rings (SSSR count). The molecule has 8 heteroatoms. The summed E-state index contributed by atoms with van der Waals surface area (Å²) in [6.45, 7) is 1.72. The van der Waals surface area contributed by atoms with Crippen LogP contribution in [0.1, 0.15) is 15.9 Å². The number of carbonyl (C=O) groups is 1. The minimum absolute atomic E-state index is 0.118. The van der Waals surface area contributed by atoms with Crippen LogP contribution in [0.15, 0.2) is 36.7 Å². The lowest BCUT2D eigenvalue weighted by molar-refractivity contribution is 0.0697. The molecule has 0 aliphatic rings. The summed E-state index contributed by atoms with van der Waals surface area (Å²) < 4.78 is 14.8. The molecular formula is C16H12ClFN4O2. The normalized spacial score (nSPS) is 10.8. The fraction of sp³-hybridized carbons (Fsp3) is 0.0625. The maximum absolute atomic E-state index is 13.2. The van der Waals surface area contributed by atoms with Crippen molar-refractivity contribution in [3.63, 3.8) is 0 Å². The van der Waals surface area contributed by atoms with E-state index >= 15 is 0 Å². The highest BCUT2D eigenvalue weighted by molar-refractivity contribution is 6.33. The van der Waals surface area contributed by atoms with Crippen LogP contribution in [0.25, 0.3) is 17.2 Å². The van der Waals surface area contributed by atoms with Crippen LogP contribution in [-0.4, -0.2) is 25.6 Å². The summed E-state index contributed by atoms with van der Waals surface area (Å²) in [7, 11) is 0. The van der Waals surface area contributed by atoms with Gasteiger partial charge in [0.2, 0.25) is 0 Å². The Bertz CT molecular complexity index is 955. The van der Waals surface area contributed by atoms with E-state index in [0.717, 1.165) is 6.07 Å². The molecule has 0 amide bonds. The number of hydrogen-bond donors (Lipinski definition) is 2. The van der Waals surface area contributed by atoms with Gasteiger partial charge >= 0.3 is 5.97 Å². The topological polar surface area (TPSA) is 94.0 Å². The number of hydrogen-bond acceptors (Lipinski definition) is 4. The van der Waals surface area contributed by atoms with Crippen LogP contribution in [0.5, 0.6) is 0 Å². The molecule has 0 radical (unpaired) electrons. The zero-order chi connectivity index (χ0) is 17.4. The molecule has 6 nitrogen and oxygen atoms in total. The Hall–Kier alpha value is -2.93. The van der Waals surface area contributed by atoms with Gasteiger partial charge in [0.1, 0.15) is 17.5 Å². The summed E-state index contributed by atoms with van der Waals surface area (Å²) in [6.07, 6.45) is 2.99. The number of anilines is 1. The van der Waals surface area contributed by atoms with E-state index in [1.165, 1.54) is 29.0 Å². The number of nitrogens with zero attached hydrogens (tertiary/aromatic N) is 3. The van der Waals surface area contributed by atoms with Gasteiger partial charge in [0, 0.05) is 23.5 Å². The zero-order valence-electron chi connectivity index (χ0n) is 12.5. The number of carboxylic acids is 1. The van der Waals surface area contributed by atoms with Gasteiger partial charge in [-0.25, -0.2) is 19.2 Å². The summed E-state index contributed by atoms with van der Waals surface area (Å²) in [6, 6.07) is 5.32. The number of benzene rings is 1. The molecule has 24 heavy (non-hydrogen) atoms. The van der Waals surface area contributed by atoms with Gasteiger partial charge < -0.3 is 15.4 Å². The Morgan fingerprint density at radius 3 is 2.71 bits per heavy atom. The second-order valence-corrected chi connectivity index (χ2v) is 5.53. The van der Waals surface area contributed by atoms with Gasteiger partial charge in [-0.3, -0.25) is 0 Å². The average molecular weight is 347 g/mol. The number of carboxylic acid groups (broad SMARTS) is 1. The smallest absolute Gasteiger partial charge is 0.337 e. The third-order valence-corrected chi connectivity index (χ3v) is 3.83. The van der Waals surface area contributed by atoms with Gasteiger partial charge in [-0.1, -0.05) is 11.6 Å². The van der Waals surface area contributed by atoms with E-state index < -0.39 is 11.8 Å². The molecule has 3 aromatic rings. The number of rotatable bonds is 3. The monoisotopic (exact) mass is 346 g/mol. The average Bonchev–Trinajstić information content (AvgIpc) is 3.00. The lowest BCUT2D eigenvalue weighted by atomic mass is 10.2. The van der Waals surface area contributed by atoms with E-state index in [0.29, 0.717) is 16.9 Å². The predicted octanol–water partition coefficient (Wildman–Crippen LogP) is 3.32. The van der Waals surface area contributed by atoms with Crippen LogP contribution in [0, 0.1) is 12.7 Å². The van der Waals surface area contributed by atoms with Gasteiger partial charge in [0.25, 0.3) is 0 Å². The van der Waals surface area contributed by atoms with E-state index in [1.807, 2.05) is 0 Å². The second-order valence-electron chi connectivity index (χ2n) is 5.12. The number of nitrogen functional groups attached to an aromatic ring is 1. The van der Waals surface area contributed by atoms with Crippen molar-refractivity contribution < 1.29 is 14.3 Å². The first kappa shape index (κ1) is 15.9. The van der Waals surface area contributed by atoms with Crippen LogP contribution in [0.2, 0.25) is 5.02 Å². The first-order valence-electron chi connectivity index (χ1n) is 6.88. The van der Waals surface area contributed by atoms with Gasteiger partial charge in [-0.2, -0.15) is 0 Å². The summed E-state index contributed by atoms with van der Waals surface area (Å²) in [5, 5.41) is 9.20. The summed E-state index contributed by atoms with van der Waals surface area (Å²) >= 11 is 6.05. The highest BCUT2D eigenvalue weighted by Gasteiger charge is 2.15. The fourth-order valence-corrected chi connectivity index (χ4v) is 2.47. The first-order chi connectivity index (χ1) is 11.4. The Labute approximate surface area is 141 Å². The van der Waals surface area contributed by atoms with Gasteiger partial charge in [0.15, 0.2) is 5.82 Å². The minimum atomic E-state index is -1.05. The molecule has 0 aliphatic carbocycles. The number of nitrogens with two attached hydrogens (primary N) is 1. The third-order valence-electron chi connectivity index (χ3n) is 3.51. The largest absolute Gasteiger partial charge is 0.478 e. The molecule has 0 bridgehead atoms. The standard InChI is InChI=1S/C16H12ClFN4O2/c1-8-13(19)20-14(11-3-2-10(18)6-12(11)17)21-15(8)22-5-4-9(7-22)16(23)24/h2-7H,1H3,(H,23,24)(H2,19,20,21). The molecule has 0 spiro atoms. The van der Waals surface area contributed by atoms with E-state index in [2.05, 4.69) is 9.97 Å². The van der Waals surface area contributed by atoms with Gasteiger partial charge in [-0.15, -0.1) is 0 Å². The first-order valence-corrected chi connectivity index (χ1v) is 7.26.